The van der Waals surface area contributed by atoms with Crippen LogP contribution in [0.1, 0.15) is 43.6 Å². The first kappa shape index (κ1) is 25.7. The van der Waals surface area contributed by atoms with Crippen molar-refractivity contribution in [3.05, 3.63) is 58.3 Å². The number of hydrogen-bond acceptors (Lipinski definition) is 4. The second kappa shape index (κ2) is 12.3. The standard InChI is InChI=1S/C19H22Cl2N2O4S.ClH/c20-17-9-8-16(11-18(17)21)28(26,27)23-13-15(14-6-4-10-22-12-14)5-2-1-3-7-19(24)25;/h4,6,8-12,15,23H,1-3,5,7,13H2,(H,24,25);1H. The number of halogens is 3. The van der Waals surface area contributed by atoms with Gasteiger partial charge in [-0.15, -0.1) is 12.4 Å². The highest BCUT2D eigenvalue weighted by Gasteiger charge is 2.19. The van der Waals surface area contributed by atoms with Gasteiger partial charge >= 0.3 is 5.97 Å². The van der Waals surface area contributed by atoms with Crippen LogP contribution < -0.4 is 4.72 Å². The Kier molecular flexibility index (Phi) is 10.9. The lowest BCUT2D eigenvalue weighted by atomic mass is 9.94. The summed E-state index contributed by atoms with van der Waals surface area (Å²) < 4.78 is 27.8. The van der Waals surface area contributed by atoms with Gasteiger partial charge in [-0.1, -0.05) is 42.1 Å². The number of aliphatic carboxylic acids is 1. The predicted molar refractivity (Wildman–Crippen MR) is 117 cm³/mol. The van der Waals surface area contributed by atoms with E-state index < -0.39 is 16.0 Å². The molecule has 0 bridgehead atoms. The van der Waals surface area contributed by atoms with E-state index in [1.807, 2.05) is 6.07 Å². The Balaban J connectivity index is 0.00000420. The van der Waals surface area contributed by atoms with Gasteiger partial charge in [-0.3, -0.25) is 9.78 Å². The van der Waals surface area contributed by atoms with Crippen LogP contribution in [-0.2, 0) is 14.8 Å². The van der Waals surface area contributed by atoms with Gasteiger partial charge in [0.1, 0.15) is 0 Å². The van der Waals surface area contributed by atoms with Crippen molar-refractivity contribution in [2.24, 2.45) is 0 Å². The van der Waals surface area contributed by atoms with Crippen molar-refractivity contribution in [1.29, 1.82) is 0 Å². The molecule has 0 saturated heterocycles. The number of rotatable bonds is 11. The molecule has 0 radical (unpaired) electrons. The molecule has 0 aliphatic rings. The summed E-state index contributed by atoms with van der Waals surface area (Å²) in [5.74, 6) is -0.880. The SMILES string of the molecule is Cl.O=C(O)CCCCCC(CNS(=O)(=O)c1ccc(Cl)c(Cl)c1)c1cccnc1. The van der Waals surface area contributed by atoms with Gasteiger partial charge in [0, 0.05) is 25.4 Å². The molecule has 1 unspecified atom stereocenters. The van der Waals surface area contributed by atoms with E-state index >= 15 is 0 Å². The van der Waals surface area contributed by atoms with Crippen LogP contribution in [0.4, 0.5) is 0 Å². The number of pyridine rings is 1. The summed E-state index contributed by atoms with van der Waals surface area (Å²) in [5.41, 5.74) is 0.928. The molecule has 29 heavy (non-hydrogen) atoms. The maximum Gasteiger partial charge on any atom is 0.303 e. The van der Waals surface area contributed by atoms with Gasteiger partial charge in [-0.25, -0.2) is 13.1 Å². The summed E-state index contributed by atoms with van der Waals surface area (Å²) in [6.07, 6.45) is 6.40. The molecule has 0 aliphatic heterocycles. The van der Waals surface area contributed by atoms with Crippen LogP contribution in [0.25, 0.3) is 0 Å². The van der Waals surface area contributed by atoms with E-state index in [1.54, 1.807) is 18.5 Å². The Bertz CT molecular complexity index is 896. The van der Waals surface area contributed by atoms with Crippen LogP contribution in [0.3, 0.4) is 0 Å². The van der Waals surface area contributed by atoms with Crippen molar-refractivity contribution in [1.82, 2.24) is 9.71 Å². The number of carboxylic acid groups (broad SMARTS) is 1. The minimum absolute atomic E-state index is 0. The fourth-order valence-electron chi connectivity index (χ4n) is 2.79. The molecule has 1 aromatic carbocycles. The molecule has 0 fully saturated rings. The second-order valence-corrected chi connectivity index (χ2v) is 8.99. The molecule has 0 spiro atoms. The third kappa shape index (κ3) is 8.48. The second-order valence-electron chi connectivity index (χ2n) is 6.40. The molecule has 10 heteroatoms. The molecule has 0 aliphatic carbocycles. The zero-order valence-corrected chi connectivity index (χ0v) is 18.7. The maximum atomic E-state index is 12.6. The highest BCUT2D eigenvalue weighted by atomic mass is 35.5. The molecule has 1 aromatic heterocycles. The van der Waals surface area contributed by atoms with Crippen molar-refractivity contribution in [3.63, 3.8) is 0 Å². The summed E-state index contributed by atoms with van der Waals surface area (Å²) in [6, 6.07) is 7.88. The fourth-order valence-corrected chi connectivity index (χ4v) is 4.26. The number of unbranched alkanes of at least 4 members (excludes halogenated alkanes) is 2. The summed E-state index contributed by atoms with van der Waals surface area (Å²) in [4.78, 5) is 14.8. The molecule has 2 aromatic rings. The maximum absolute atomic E-state index is 12.6. The highest BCUT2D eigenvalue weighted by molar-refractivity contribution is 7.89. The van der Waals surface area contributed by atoms with Crippen LogP contribution in [0.5, 0.6) is 0 Å². The van der Waals surface area contributed by atoms with Crippen LogP contribution in [0.2, 0.25) is 10.0 Å². The fraction of sp³-hybridized carbons (Fsp3) is 0.368. The Morgan fingerprint density at radius 1 is 1.14 bits per heavy atom. The number of aromatic nitrogens is 1. The quantitative estimate of drug-likeness (QED) is 0.445. The number of nitrogens with zero attached hydrogens (tertiary/aromatic N) is 1. The Labute approximate surface area is 187 Å². The van der Waals surface area contributed by atoms with Gasteiger partial charge in [0.25, 0.3) is 0 Å². The number of carboxylic acids is 1. The number of carbonyl (C=O) groups is 1. The first-order valence-corrected chi connectivity index (χ1v) is 11.1. The minimum Gasteiger partial charge on any atom is -0.481 e. The molecule has 2 N–H and O–H groups in total. The third-order valence-corrected chi connectivity index (χ3v) is 6.48. The van der Waals surface area contributed by atoms with Gasteiger partial charge in [0.15, 0.2) is 0 Å². The molecule has 0 amide bonds. The van der Waals surface area contributed by atoms with E-state index in [0.29, 0.717) is 6.42 Å². The van der Waals surface area contributed by atoms with Crippen molar-refractivity contribution < 1.29 is 18.3 Å². The third-order valence-electron chi connectivity index (χ3n) is 4.32. The monoisotopic (exact) mass is 480 g/mol. The van der Waals surface area contributed by atoms with Gasteiger partial charge in [0.2, 0.25) is 10.0 Å². The summed E-state index contributed by atoms with van der Waals surface area (Å²) in [7, 11) is -3.74. The van der Waals surface area contributed by atoms with E-state index in [1.165, 1.54) is 18.2 Å². The van der Waals surface area contributed by atoms with E-state index in [-0.39, 0.29) is 46.2 Å². The Morgan fingerprint density at radius 2 is 1.90 bits per heavy atom. The van der Waals surface area contributed by atoms with E-state index in [4.69, 9.17) is 28.3 Å². The normalized spacial score (nSPS) is 12.2. The smallest absolute Gasteiger partial charge is 0.303 e. The van der Waals surface area contributed by atoms with E-state index in [0.717, 1.165) is 24.8 Å². The number of sulfonamides is 1. The molecular weight excluding hydrogens is 459 g/mol. The Hall–Kier alpha value is -1.38. The van der Waals surface area contributed by atoms with Crippen LogP contribution in [-0.4, -0.2) is 31.0 Å². The predicted octanol–water partition coefficient (Wildman–Crippen LogP) is 4.91. The first-order chi connectivity index (χ1) is 13.3. The molecule has 1 atom stereocenters. The highest BCUT2D eigenvalue weighted by Crippen LogP contribution is 2.26. The van der Waals surface area contributed by atoms with Crippen LogP contribution in [0, 0.1) is 0 Å². The molecule has 0 saturated carbocycles. The summed E-state index contributed by atoms with van der Waals surface area (Å²) in [6.45, 7) is 0.202. The molecule has 160 valence electrons. The average Bonchev–Trinajstić information content (AvgIpc) is 2.66. The minimum atomic E-state index is -3.74. The summed E-state index contributed by atoms with van der Waals surface area (Å²) >= 11 is 11.8. The van der Waals surface area contributed by atoms with E-state index in [9.17, 15) is 13.2 Å². The van der Waals surface area contributed by atoms with Gasteiger partial charge < -0.3 is 5.11 Å². The lowest BCUT2D eigenvalue weighted by Crippen LogP contribution is -2.28. The van der Waals surface area contributed by atoms with Crippen molar-refractivity contribution in [2.75, 3.05) is 6.54 Å². The van der Waals surface area contributed by atoms with Crippen molar-refractivity contribution >= 4 is 51.6 Å². The zero-order valence-electron chi connectivity index (χ0n) is 15.6. The molecule has 1 heterocycles. The van der Waals surface area contributed by atoms with Crippen LogP contribution in [0.15, 0.2) is 47.6 Å². The topological polar surface area (TPSA) is 96.4 Å². The number of hydrogen-bond donors (Lipinski definition) is 2. The lowest BCUT2D eigenvalue weighted by Gasteiger charge is -2.18. The van der Waals surface area contributed by atoms with Gasteiger partial charge in [-0.2, -0.15) is 0 Å². The molecule has 2 rings (SSSR count). The Morgan fingerprint density at radius 3 is 2.52 bits per heavy atom. The molecule has 6 nitrogen and oxygen atoms in total. The number of nitrogens with one attached hydrogen (secondary N) is 1. The van der Waals surface area contributed by atoms with Crippen molar-refractivity contribution in [2.45, 2.75) is 42.9 Å². The average molecular weight is 482 g/mol. The largest absolute Gasteiger partial charge is 0.481 e. The summed E-state index contributed by atoms with van der Waals surface area (Å²) in [5, 5.41) is 9.18. The van der Waals surface area contributed by atoms with Crippen molar-refractivity contribution in [3.8, 4) is 0 Å². The number of benzene rings is 1. The van der Waals surface area contributed by atoms with Crippen LogP contribution >= 0.6 is 35.6 Å². The van der Waals surface area contributed by atoms with Gasteiger partial charge in [0.05, 0.1) is 14.9 Å². The van der Waals surface area contributed by atoms with E-state index in [2.05, 4.69) is 9.71 Å². The van der Waals surface area contributed by atoms with Gasteiger partial charge in [-0.05, 0) is 48.6 Å². The lowest BCUT2D eigenvalue weighted by molar-refractivity contribution is -0.137. The zero-order chi connectivity index (χ0) is 20.6. The molecular formula is C19H23Cl3N2O4S. The first-order valence-electron chi connectivity index (χ1n) is 8.86.